The highest BCUT2D eigenvalue weighted by atomic mass is 79.9. The van der Waals surface area contributed by atoms with Crippen LogP contribution in [0.25, 0.3) is 0 Å². The van der Waals surface area contributed by atoms with E-state index in [1.165, 1.54) is 0 Å². The Kier molecular flexibility index (Phi) is 5.58. The molecule has 0 saturated heterocycles. The number of benzene rings is 2. The van der Waals surface area contributed by atoms with Crippen LogP contribution in [0.4, 0.5) is 5.69 Å². The maximum absolute atomic E-state index is 13.0. The highest BCUT2D eigenvalue weighted by molar-refractivity contribution is 9.10. The second-order valence-electron chi connectivity index (χ2n) is 6.71. The SMILES string of the molecule is CCCCN1C(=O)C(O)(CC(=O)Cc2ccccc2)c2cc(Br)ccc21. The Labute approximate surface area is 162 Å². The summed E-state index contributed by atoms with van der Waals surface area (Å²) in [4.78, 5) is 27.2. The minimum absolute atomic E-state index is 0.157. The van der Waals surface area contributed by atoms with Gasteiger partial charge in [0.2, 0.25) is 0 Å². The van der Waals surface area contributed by atoms with Crippen molar-refractivity contribution in [1.82, 2.24) is 0 Å². The van der Waals surface area contributed by atoms with Crippen molar-refractivity contribution < 1.29 is 14.7 Å². The third-order valence-electron chi connectivity index (χ3n) is 4.73. The topological polar surface area (TPSA) is 57.6 Å². The van der Waals surface area contributed by atoms with Gasteiger partial charge in [-0.2, -0.15) is 0 Å². The first-order valence-electron chi connectivity index (χ1n) is 8.85. The largest absolute Gasteiger partial charge is 0.375 e. The molecule has 1 N–H and O–H groups in total. The lowest BCUT2D eigenvalue weighted by Crippen LogP contribution is -2.42. The number of halogens is 1. The predicted octanol–water partition coefficient (Wildman–Crippen LogP) is 3.99. The van der Waals surface area contributed by atoms with Gasteiger partial charge >= 0.3 is 0 Å². The van der Waals surface area contributed by atoms with E-state index in [9.17, 15) is 14.7 Å². The van der Waals surface area contributed by atoms with Crippen LogP contribution in [-0.4, -0.2) is 23.3 Å². The summed E-state index contributed by atoms with van der Waals surface area (Å²) in [6.45, 7) is 2.60. The zero-order valence-electron chi connectivity index (χ0n) is 14.7. The number of fused-ring (bicyclic) bond motifs is 1. The maximum Gasteiger partial charge on any atom is 0.264 e. The van der Waals surface area contributed by atoms with Gasteiger partial charge in [-0.15, -0.1) is 0 Å². The van der Waals surface area contributed by atoms with Crippen molar-refractivity contribution in [3.05, 3.63) is 64.1 Å². The molecule has 0 saturated carbocycles. The standard InChI is InChI=1S/C21H22BrNO3/c1-2-3-11-23-19-10-9-16(22)13-18(19)21(26,20(23)25)14-17(24)12-15-7-5-4-6-8-15/h4-10,13,26H,2-3,11-12,14H2,1H3. The van der Waals surface area contributed by atoms with Gasteiger partial charge in [0.05, 0.1) is 5.69 Å². The maximum atomic E-state index is 13.0. The third kappa shape index (κ3) is 3.60. The van der Waals surface area contributed by atoms with E-state index in [1.807, 2.05) is 42.5 Å². The fourth-order valence-electron chi connectivity index (χ4n) is 3.40. The molecule has 1 atom stereocenters. The van der Waals surface area contributed by atoms with Crippen molar-refractivity contribution >= 4 is 33.3 Å². The van der Waals surface area contributed by atoms with Crippen molar-refractivity contribution in [2.45, 2.75) is 38.2 Å². The molecule has 1 unspecified atom stereocenters. The number of unbranched alkanes of at least 4 members (excludes halogenated alkanes) is 1. The molecule has 1 aliphatic heterocycles. The van der Waals surface area contributed by atoms with Crippen molar-refractivity contribution in [3.63, 3.8) is 0 Å². The summed E-state index contributed by atoms with van der Waals surface area (Å²) < 4.78 is 0.773. The summed E-state index contributed by atoms with van der Waals surface area (Å²) in [6, 6.07) is 14.8. The molecular formula is C21H22BrNO3. The smallest absolute Gasteiger partial charge is 0.264 e. The predicted molar refractivity (Wildman–Crippen MR) is 105 cm³/mol. The van der Waals surface area contributed by atoms with Gasteiger partial charge in [0.15, 0.2) is 5.60 Å². The van der Waals surface area contributed by atoms with Crippen LogP contribution in [0, 0.1) is 0 Å². The lowest BCUT2D eigenvalue weighted by atomic mass is 9.88. The molecule has 0 spiro atoms. The summed E-state index contributed by atoms with van der Waals surface area (Å²) in [5.41, 5.74) is 0.290. The summed E-state index contributed by atoms with van der Waals surface area (Å²) in [5, 5.41) is 11.2. The summed E-state index contributed by atoms with van der Waals surface area (Å²) in [5.74, 6) is -0.559. The van der Waals surface area contributed by atoms with Crippen molar-refractivity contribution in [2.24, 2.45) is 0 Å². The number of hydrogen-bond acceptors (Lipinski definition) is 3. The van der Waals surface area contributed by atoms with E-state index < -0.39 is 11.5 Å². The monoisotopic (exact) mass is 415 g/mol. The van der Waals surface area contributed by atoms with Crippen LogP contribution in [0.5, 0.6) is 0 Å². The van der Waals surface area contributed by atoms with Crippen LogP contribution in [0.3, 0.4) is 0 Å². The van der Waals surface area contributed by atoms with E-state index in [-0.39, 0.29) is 18.6 Å². The van der Waals surface area contributed by atoms with Crippen LogP contribution >= 0.6 is 15.9 Å². The van der Waals surface area contributed by atoms with Gasteiger partial charge in [-0.3, -0.25) is 9.59 Å². The highest BCUT2D eigenvalue weighted by Crippen LogP contribution is 2.44. The average Bonchev–Trinajstić information content (AvgIpc) is 2.81. The third-order valence-corrected chi connectivity index (χ3v) is 5.22. The van der Waals surface area contributed by atoms with Gasteiger partial charge in [0.25, 0.3) is 5.91 Å². The lowest BCUT2D eigenvalue weighted by molar-refractivity contribution is -0.141. The number of carbonyl (C=O) groups is 2. The Morgan fingerprint density at radius 1 is 1.19 bits per heavy atom. The first-order valence-corrected chi connectivity index (χ1v) is 9.65. The van der Waals surface area contributed by atoms with Crippen LogP contribution in [-0.2, 0) is 21.6 Å². The molecule has 1 amide bonds. The normalized spacial score (nSPS) is 18.9. The van der Waals surface area contributed by atoms with Crippen LogP contribution in [0.2, 0.25) is 0 Å². The molecule has 0 radical (unpaired) electrons. The Hall–Kier alpha value is -1.98. The Bertz CT molecular complexity index is 821. The Balaban J connectivity index is 1.88. The number of Topliss-reactive ketones (excluding diaryl/α,β-unsaturated/α-hetero) is 1. The fraction of sp³-hybridized carbons (Fsp3) is 0.333. The zero-order valence-corrected chi connectivity index (χ0v) is 16.3. The van der Waals surface area contributed by atoms with Crippen molar-refractivity contribution in [1.29, 1.82) is 0 Å². The Morgan fingerprint density at radius 2 is 1.92 bits per heavy atom. The number of aliphatic hydroxyl groups is 1. The van der Waals surface area contributed by atoms with E-state index in [0.29, 0.717) is 17.8 Å². The van der Waals surface area contributed by atoms with Gasteiger partial charge in [-0.25, -0.2) is 0 Å². The fourth-order valence-corrected chi connectivity index (χ4v) is 3.76. The zero-order chi connectivity index (χ0) is 18.7. The Morgan fingerprint density at radius 3 is 2.62 bits per heavy atom. The van der Waals surface area contributed by atoms with Crippen molar-refractivity contribution in [2.75, 3.05) is 11.4 Å². The van der Waals surface area contributed by atoms with E-state index >= 15 is 0 Å². The van der Waals surface area contributed by atoms with Gasteiger partial charge in [0, 0.05) is 29.4 Å². The van der Waals surface area contributed by atoms with Gasteiger partial charge in [0.1, 0.15) is 5.78 Å². The number of rotatable bonds is 7. The molecule has 1 aliphatic rings. The molecule has 5 heteroatoms. The minimum Gasteiger partial charge on any atom is -0.375 e. The summed E-state index contributed by atoms with van der Waals surface area (Å²) in [6.07, 6.45) is 1.78. The second-order valence-corrected chi connectivity index (χ2v) is 7.63. The number of hydrogen-bond donors (Lipinski definition) is 1. The second kappa shape index (κ2) is 7.72. The quantitative estimate of drug-likeness (QED) is 0.743. The van der Waals surface area contributed by atoms with Gasteiger partial charge in [-0.1, -0.05) is 59.6 Å². The van der Waals surface area contributed by atoms with Gasteiger partial charge in [-0.05, 0) is 30.2 Å². The van der Waals surface area contributed by atoms with Crippen LogP contribution < -0.4 is 4.90 Å². The molecule has 0 fully saturated rings. The number of carbonyl (C=O) groups excluding carboxylic acids is 2. The van der Waals surface area contributed by atoms with Gasteiger partial charge < -0.3 is 10.0 Å². The van der Waals surface area contributed by atoms with Crippen molar-refractivity contribution in [3.8, 4) is 0 Å². The molecule has 136 valence electrons. The molecule has 1 heterocycles. The molecule has 0 aliphatic carbocycles. The lowest BCUT2D eigenvalue weighted by Gasteiger charge is -2.22. The molecule has 0 aromatic heterocycles. The molecular weight excluding hydrogens is 394 g/mol. The first kappa shape index (κ1) is 18.8. The summed E-state index contributed by atoms with van der Waals surface area (Å²) >= 11 is 3.40. The number of ketones is 1. The molecule has 26 heavy (non-hydrogen) atoms. The number of anilines is 1. The van der Waals surface area contributed by atoms with E-state index in [1.54, 1.807) is 11.0 Å². The number of amides is 1. The molecule has 0 bridgehead atoms. The summed E-state index contributed by atoms with van der Waals surface area (Å²) in [7, 11) is 0. The minimum atomic E-state index is -1.79. The first-order chi connectivity index (χ1) is 12.5. The van der Waals surface area contributed by atoms with E-state index in [0.717, 1.165) is 22.9 Å². The van der Waals surface area contributed by atoms with E-state index in [2.05, 4.69) is 22.9 Å². The average molecular weight is 416 g/mol. The number of nitrogens with zero attached hydrogens (tertiary/aromatic N) is 1. The molecule has 2 aromatic carbocycles. The molecule has 2 aromatic rings. The van der Waals surface area contributed by atoms with Crippen LogP contribution in [0.1, 0.15) is 37.3 Å². The molecule has 3 rings (SSSR count). The highest BCUT2D eigenvalue weighted by Gasteiger charge is 2.50. The van der Waals surface area contributed by atoms with Crippen LogP contribution in [0.15, 0.2) is 53.0 Å². The molecule has 4 nitrogen and oxygen atoms in total. The van der Waals surface area contributed by atoms with E-state index in [4.69, 9.17) is 0 Å².